The molecule has 8 nitrogen and oxygen atoms in total. The van der Waals surface area contributed by atoms with Crippen LogP contribution in [0.25, 0.3) is 0 Å². The summed E-state index contributed by atoms with van der Waals surface area (Å²) in [7, 11) is -2.64. The largest absolute Gasteiger partial charge is 0.495 e. The molecule has 0 aliphatic rings. The zero-order chi connectivity index (χ0) is 23.1. The molecule has 0 fully saturated rings. The molecule has 3 aromatic rings. The molecule has 2 amide bonds. The summed E-state index contributed by atoms with van der Waals surface area (Å²) in [5.74, 6) is -0.466. The fourth-order valence-electron chi connectivity index (χ4n) is 2.99. The predicted octanol–water partition coefficient (Wildman–Crippen LogP) is 3.38. The molecule has 32 heavy (non-hydrogen) atoms. The lowest BCUT2D eigenvalue weighted by molar-refractivity contribution is -0.114. The Bertz CT molecular complexity index is 1230. The fraction of sp³-hybridized carbons (Fsp3) is 0.130. The van der Waals surface area contributed by atoms with Gasteiger partial charge in [0.25, 0.3) is 15.9 Å². The number of anilines is 2. The van der Waals surface area contributed by atoms with Crippen LogP contribution in [-0.4, -0.2) is 27.3 Å². The second kappa shape index (κ2) is 9.97. The Morgan fingerprint density at radius 2 is 1.59 bits per heavy atom. The van der Waals surface area contributed by atoms with E-state index in [1.54, 1.807) is 12.1 Å². The van der Waals surface area contributed by atoms with Crippen LogP contribution < -0.4 is 20.1 Å². The summed E-state index contributed by atoms with van der Waals surface area (Å²) in [6.07, 6.45) is 0. The van der Waals surface area contributed by atoms with Crippen molar-refractivity contribution in [1.82, 2.24) is 5.32 Å². The minimum Gasteiger partial charge on any atom is -0.495 e. The number of hydrogen-bond donors (Lipinski definition) is 3. The smallest absolute Gasteiger partial charge is 0.261 e. The molecule has 0 saturated heterocycles. The van der Waals surface area contributed by atoms with Crippen LogP contribution in [0.2, 0.25) is 0 Å². The molecule has 0 radical (unpaired) electrons. The highest BCUT2D eigenvalue weighted by Gasteiger charge is 2.20. The average molecular weight is 454 g/mol. The van der Waals surface area contributed by atoms with Crippen molar-refractivity contribution < 1.29 is 22.7 Å². The Balaban J connectivity index is 1.84. The van der Waals surface area contributed by atoms with Crippen molar-refractivity contribution in [3.8, 4) is 5.75 Å². The van der Waals surface area contributed by atoms with Gasteiger partial charge in [-0.05, 0) is 35.9 Å². The number of nitrogens with one attached hydrogen (secondary N) is 3. The number of ether oxygens (including phenoxy) is 1. The first kappa shape index (κ1) is 22.8. The number of para-hydroxylation sites is 1. The van der Waals surface area contributed by atoms with E-state index in [1.165, 1.54) is 44.4 Å². The molecule has 3 aromatic carbocycles. The first-order chi connectivity index (χ1) is 15.3. The molecule has 0 atom stereocenters. The minimum absolute atomic E-state index is 0.0958. The molecule has 0 heterocycles. The van der Waals surface area contributed by atoms with E-state index in [-0.39, 0.29) is 27.7 Å². The lowest BCUT2D eigenvalue weighted by Gasteiger charge is -2.15. The van der Waals surface area contributed by atoms with Crippen molar-refractivity contribution >= 4 is 33.2 Å². The van der Waals surface area contributed by atoms with E-state index in [0.29, 0.717) is 12.3 Å². The molecular formula is C23H23N3O5S. The molecule has 0 saturated carbocycles. The second-order valence-electron chi connectivity index (χ2n) is 6.86. The topological polar surface area (TPSA) is 114 Å². The van der Waals surface area contributed by atoms with E-state index < -0.39 is 15.9 Å². The summed E-state index contributed by atoms with van der Waals surface area (Å²) in [6.45, 7) is 1.61. The maximum atomic E-state index is 13.0. The van der Waals surface area contributed by atoms with Crippen LogP contribution in [0.4, 0.5) is 11.4 Å². The summed E-state index contributed by atoms with van der Waals surface area (Å²) in [5.41, 5.74) is 1.46. The van der Waals surface area contributed by atoms with Gasteiger partial charge in [0.15, 0.2) is 0 Å². The lowest BCUT2D eigenvalue weighted by Crippen LogP contribution is -2.25. The number of rotatable bonds is 8. The Hall–Kier alpha value is -3.85. The zero-order valence-electron chi connectivity index (χ0n) is 17.6. The fourth-order valence-corrected chi connectivity index (χ4v) is 4.09. The standard InChI is InChI=1S/C23H23N3O5S/c1-16(27)25-21-14-18(12-13-22(21)31-2)32(29,30)26-20-11-7-6-10-19(20)23(28)24-15-17-8-4-3-5-9-17/h3-14,26H,15H2,1-2H3,(H,24,28)(H,25,27). The van der Waals surface area contributed by atoms with Gasteiger partial charge < -0.3 is 15.4 Å². The van der Waals surface area contributed by atoms with Gasteiger partial charge in [0.2, 0.25) is 5.91 Å². The summed E-state index contributed by atoms with van der Waals surface area (Å²) in [4.78, 5) is 24.1. The van der Waals surface area contributed by atoms with Crippen molar-refractivity contribution in [2.45, 2.75) is 18.4 Å². The van der Waals surface area contributed by atoms with Gasteiger partial charge in [-0.1, -0.05) is 42.5 Å². The zero-order valence-corrected chi connectivity index (χ0v) is 18.4. The molecule has 0 spiro atoms. The molecular weight excluding hydrogens is 430 g/mol. The average Bonchev–Trinajstić information content (AvgIpc) is 2.78. The van der Waals surface area contributed by atoms with E-state index in [2.05, 4.69) is 15.4 Å². The van der Waals surface area contributed by atoms with Crippen LogP contribution in [0, 0.1) is 0 Å². The van der Waals surface area contributed by atoms with E-state index in [0.717, 1.165) is 5.56 Å². The second-order valence-corrected chi connectivity index (χ2v) is 8.55. The van der Waals surface area contributed by atoms with Gasteiger partial charge in [-0.25, -0.2) is 8.42 Å². The molecule has 0 bridgehead atoms. The number of benzene rings is 3. The van der Waals surface area contributed by atoms with Crippen molar-refractivity contribution in [2.24, 2.45) is 0 Å². The number of carbonyl (C=O) groups excluding carboxylic acids is 2. The Labute approximate surface area is 186 Å². The highest BCUT2D eigenvalue weighted by atomic mass is 32.2. The predicted molar refractivity (Wildman–Crippen MR) is 122 cm³/mol. The Kier molecular flexibility index (Phi) is 7.11. The van der Waals surface area contributed by atoms with Gasteiger partial charge in [0.05, 0.1) is 28.9 Å². The summed E-state index contributed by atoms with van der Waals surface area (Å²) in [6, 6.07) is 19.8. The lowest BCUT2D eigenvalue weighted by atomic mass is 10.1. The highest BCUT2D eigenvalue weighted by molar-refractivity contribution is 7.92. The van der Waals surface area contributed by atoms with Gasteiger partial charge in [-0.15, -0.1) is 0 Å². The molecule has 0 aromatic heterocycles. The monoisotopic (exact) mass is 453 g/mol. The molecule has 9 heteroatoms. The van der Waals surface area contributed by atoms with Crippen LogP contribution in [0.5, 0.6) is 5.75 Å². The summed E-state index contributed by atoms with van der Waals surface area (Å²) < 4.78 is 33.6. The van der Waals surface area contributed by atoms with Crippen molar-refractivity contribution in [3.63, 3.8) is 0 Å². The minimum atomic E-state index is -4.06. The normalized spacial score (nSPS) is 10.8. The van der Waals surface area contributed by atoms with Gasteiger partial charge >= 0.3 is 0 Å². The van der Waals surface area contributed by atoms with Crippen molar-refractivity contribution in [2.75, 3.05) is 17.1 Å². The highest BCUT2D eigenvalue weighted by Crippen LogP contribution is 2.29. The van der Waals surface area contributed by atoms with E-state index in [9.17, 15) is 18.0 Å². The maximum Gasteiger partial charge on any atom is 0.261 e. The Morgan fingerprint density at radius 3 is 2.28 bits per heavy atom. The van der Waals surface area contributed by atoms with E-state index in [1.807, 2.05) is 30.3 Å². The van der Waals surface area contributed by atoms with Gasteiger partial charge in [-0.3, -0.25) is 14.3 Å². The van der Waals surface area contributed by atoms with Crippen LogP contribution in [0.1, 0.15) is 22.8 Å². The first-order valence-corrected chi connectivity index (χ1v) is 11.2. The summed E-state index contributed by atoms with van der Waals surface area (Å²) >= 11 is 0. The van der Waals surface area contributed by atoms with Crippen LogP contribution in [0.3, 0.4) is 0 Å². The first-order valence-electron chi connectivity index (χ1n) is 9.70. The van der Waals surface area contributed by atoms with E-state index >= 15 is 0 Å². The third kappa shape index (κ3) is 5.64. The van der Waals surface area contributed by atoms with Gasteiger partial charge in [-0.2, -0.15) is 0 Å². The van der Waals surface area contributed by atoms with E-state index in [4.69, 9.17) is 4.74 Å². The number of hydrogen-bond acceptors (Lipinski definition) is 5. The SMILES string of the molecule is COc1ccc(S(=O)(=O)Nc2ccccc2C(=O)NCc2ccccc2)cc1NC(C)=O. The number of carbonyl (C=O) groups is 2. The van der Waals surface area contributed by atoms with Crippen LogP contribution >= 0.6 is 0 Å². The quantitative estimate of drug-likeness (QED) is 0.484. The molecule has 0 aliphatic heterocycles. The van der Waals surface area contributed by atoms with Crippen LogP contribution in [0.15, 0.2) is 77.7 Å². The molecule has 3 N–H and O–H groups in total. The molecule has 3 rings (SSSR count). The Morgan fingerprint density at radius 1 is 0.906 bits per heavy atom. The number of methoxy groups -OCH3 is 1. The van der Waals surface area contributed by atoms with Gasteiger partial charge in [0, 0.05) is 13.5 Å². The maximum absolute atomic E-state index is 13.0. The number of sulfonamides is 1. The third-order valence-corrected chi connectivity index (χ3v) is 5.87. The number of amides is 2. The molecule has 0 unspecified atom stereocenters. The summed E-state index contributed by atoms with van der Waals surface area (Å²) in [5, 5.41) is 5.33. The van der Waals surface area contributed by atoms with Crippen molar-refractivity contribution in [1.29, 1.82) is 0 Å². The van der Waals surface area contributed by atoms with Gasteiger partial charge in [0.1, 0.15) is 5.75 Å². The van der Waals surface area contributed by atoms with Crippen molar-refractivity contribution in [3.05, 3.63) is 83.9 Å². The third-order valence-electron chi connectivity index (χ3n) is 4.50. The molecule has 0 aliphatic carbocycles. The molecule has 166 valence electrons. The van der Waals surface area contributed by atoms with Crippen LogP contribution in [-0.2, 0) is 21.4 Å².